The fraction of sp³-hybridized carbons (Fsp3) is 0.778. The molecule has 6 heteroatoms. The molecule has 86 valence electrons. The Kier molecular flexibility index (Phi) is 3.90. The lowest BCUT2D eigenvalue weighted by molar-refractivity contribution is -0.145. The molecule has 3 N–H and O–H groups in total. The van der Waals surface area contributed by atoms with Gasteiger partial charge in [0.25, 0.3) is 0 Å². The number of hydrogen-bond donors (Lipinski definition) is 2. The number of methoxy groups -OCH3 is 1. The molecule has 1 amide bonds. The van der Waals surface area contributed by atoms with Gasteiger partial charge in [-0.15, -0.1) is 0 Å². The zero-order chi connectivity index (χ0) is 11.4. The van der Waals surface area contributed by atoms with E-state index < -0.39 is 18.1 Å². The predicted molar refractivity (Wildman–Crippen MR) is 52.3 cm³/mol. The summed E-state index contributed by atoms with van der Waals surface area (Å²) in [6, 6.07) is -0.663. The lowest BCUT2D eigenvalue weighted by atomic mass is 10.0. The van der Waals surface area contributed by atoms with E-state index >= 15 is 0 Å². The summed E-state index contributed by atoms with van der Waals surface area (Å²) in [6.45, 7) is 0.873. The minimum atomic E-state index is -1.08. The van der Waals surface area contributed by atoms with Crippen LogP contribution in [-0.4, -0.2) is 48.3 Å². The number of esters is 1. The topological polar surface area (TPSA) is 92.9 Å². The Labute approximate surface area is 88.0 Å². The summed E-state index contributed by atoms with van der Waals surface area (Å²) in [7, 11) is 1.26. The van der Waals surface area contributed by atoms with Crippen LogP contribution < -0.4 is 5.73 Å². The van der Waals surface area contributed by atoms with Crippen LogP contribution >= 0.6 is 0 Å². The van der Waals surface area contributed by atoms with E-state index in [1.54, 1.807) is 0 Å². The number of carboxylic acid groups (broad SMARTS) is 1. The smallest absolute Gasteiger partial charge is 0.408 e. The van der Waals surface area contributed by atoms with E-state index in [2.05, 4.69) is 4.74 Å². The number of amides is 1. The van der Waals surface area contributed by atoms with E-state index in [4.69, 9.17) is 10.8 Å². The zero-order valence-electron chi connectivity index (χ0n) is 8.68. The van der Waals surface area contributed by atoms with Gasteiger partial charge in [0.2, 0.25) is 0 Å². The van der Waals surface area contributed by atoms with E-state index in [0.717, 1.165) is 11.3 Å². The van der Waals surface area contributed by atoms with E-state index in [1.807, 2.05) is 0 Å². The standard InChI is InChI=1S/C9H16N2O4/c1-15-8(12)7-4-6(2-3-10)5-11(7)9(13)14/h6-7H,2-5,10H2,1H3,(H,13,14). The van der Waals surface area contributed by atoms with Gasteiger partial charge in [-0.1, -0.05) is 0 Å². The van der Waals surface area contributed by atoms with Crippen LogP contribution in [0.4, 0.5) is 4.79 Å². The molecule has 0 aromatic carbocycles. The van der Waals surface area contributed by atoms with Crippen molar-refractivity contribution in [1.29, 1.82) is 0 Å². The monoisotopic (exact) mass is 216 g/mol. The van der Waals surface area contributed by atoms with Gasteiger partial charge in [-0.3, -0.25) is 4.90 Å². The molecule has 0 saturated carbocycles. The molecule has 0 aromatic heterocycles. The van der Waals surface area contributed by atoms with E-state index in [9.17, 15) is 9.59 Å². The van der Waals surface area contributed by atoms with Crippen molar-refractivity contribution < 1.29 is 19.4 Å². The highest BCUT2D eigenvalue weighted by Crippen LogP contribution is 2.26. The van der Waals surface area contributed by atoms with Crippen LogP contribution in [-0.2, 0) is 9.53 Å². The number of rotatable bonds is 3. The van der Waals surface area contributed by atoms with Gasteiger partial charge in [0, 0.05) is 6.54 Å². The second-order valence-corrected chi connectivity index (χ2v) is 3.65. The summed E-state index contributed by atoms with van der Waals surface area (Å²) < 4.78 is 4.57. The molecule has 6 nitrogen and oxygen atoms in total. The van der Waals surface area contributed by atoms with Crippen LogP contribution in [0.25, 0.3) is 0 Å². The van der Waals surface area contributed by atoms with Gasteiger partial charge in [0.05, 0.1) is 7.11 Å². The molecule has 0 aliphatic carbocycles. The molecular formula is C9H16N2O4. The first-order chi connectivity index (χ1) is 7.10. The molecule has 1 rings (SSSR count). The second-order valence-electron chi connectivity index (χ2n) is 3.65. The van der Waals surface area contributed by atoms with Gasteiger partial charge in [-0.2, -0.15) is 0 Å². The highest BCUT2D eigenvalue weighted by molar-refractivity contribution is 5.81. The third kappa shape index (κ3) is 2.59. The predicted octanol–water partition coefficient (Wildman–Crippen LogP) is -0.123. The summed E-state index contributed by atoms with van der Waals surface area (Å²) in [5.74, 6) is -0.327. The second kappa shape index (κ2) is 4.97. The summed E-state index contributed by atoms with van der Waals surface area (Å²) in [6.07, 6.45) is 0.165. The average molecular weight is 216 g/mol. The fourth-order valence-corrected chi connectivity index (χ4v) is 1.94. The van der Waals surface area contributed by atoms with Gasteiger partial charge in [-0.25, -0.2) is 9.59 Å². The summed E-state index contributed by atoms with van der Waals surface area (Å²) in [4.78, 5) is 23.3. The Bertz CT molecular complexity index is 256. The Morgan fingerprint density at radius 2 is 2.27 bits per heavy atom. The molecule has 0 radical (unpaired) electrons. The number of nitrogens with two attached hydrogens (primary N) is 1. The Balaban J connectivity index is 2.67. The van der Waals surface area contributed by atoms with Gasteiger partial charge < -0.3 is 15.6 Å². The van der Waals surface area contributed by atoms with Gasteiger partial charge in [-0.05, 0) is 25.3 Å². The highest BCUT2D eigenvalue weighted by atomic mass is 16.5. The molecule has 0 aromatic rings. The summed E-state index contributed by atoms with van der Waals surface area (Å²) >= 11 is 0. The number of likely N-dealkylation sites (tertiary alicyclic amines) is 1. The van der Waals surface area contributed by atoms with Crippen molar-refractivity contribution in [3.63, 3.8) is 0 Å². The van der Waals surface area contributed by atoms with E-state index in [-0.39, 0.29) is 5.92 Å². The number of carbonyl (C=O) groups is 2. The first-order valence-corrected chi connectivity index (χ1v) is 4.87. The molecule has 0 bridgehead atoms. The van der Waals surface area contributed by atoms with Crippen LogP contribution in [0.3, 0.4) is 0 Å². The van der Waals surface area contributed by atoms with Crippen LogP contribution in [0.15, 0.2) is 0 Å². The van der Waals surface area contributed by atoms with Crippen LogP contribution in [0, 0.1) is 5.92 Å². The quantitative estimate of drug-likeness (QED) is 0.641. The maximum Gasteiger partial charge on any atom is 0.408 e. The largest absolute Gasteiger partial charge is 0.467 e. The highest BCUT2D eigenvalue weighted by Gasteiger charge is 2.39. The van der Waals surface area contributed by atoms with Crippen molar-refractivity contribution in [2.24, 2.45) is 11.7 Å². The van der Waals surface area contributed by atoms with Crippen molar-refractivity contribution in [3.8, 4) is 0 Å². The molecule has 15 heavy (non-hydrogen) atoms. The molecule has 1 aliphatic rings. The lowest BCUT2D eigenvalue weighted by Crippen LogP contribution is -2.40. The van der Waals surface area contributed by atoms with E-state index in [1.165, 1.54) is 7.11 Å². The Morgan fingerprint density at radius 3 is 2.73 bits per heavy atom. The lowest BCUT2D eigenvalue weighted by Gasteiger charge is -2.18. The van der Waals surface area contributed by atoms with Gasteiger partial charge >= 0.3 is 12.1 Å². The van der Waals surface area contributed by atoms with Crippen LogP contribution in [0.1, 0.15) is 12.8 Å². The van der Waals surface area contributed by atoms with Crippen molar-refractivity contribution in [2.75, 3.05) is 20.2 Å². The number of carbonyl (C=O) groups excluding carboxylic acids is 1. The molecular weight excluding hydrogens is 200 g/mol. The summed E-state index contributed by atoms with van der Waals surface area (Å²) in [5, 5.41) is 8.90. The van der Waals surface area contributed by atoms with E-state index in [0.29, 0.717) is 19.5 Å². The van der Waals surface area contributed by atoms with Crippen LogP contribution in [0.2, 0.25) is 0 Å². The summed E-state index contributed by atoms with van der Waals surface area (Å²) in [5.41, 5.74) is 5.40. The molecule has 1 saturated heterocycles. The minimum absolute atomic E-state index is 0.162. The zero-order valence-corrected chi connectivity index (χ0v) is 8.68. The van der Waals surface area contributed by atoms with Crippen molar-refractivity contribution in [3.05, 3.63) is 0 Å². The maximum absolute atomic E-state index is 11.3. The Morgan fingerprint density at radius 1 is 1.60 bits per heavy atom. The first-order valence-electron chi connectivity index (χ1n) is 4.87. The van der Waals surface area contributed by atoms with Gasteiger partial charge in [0.15, 0.2) is 0 Å². The number of nitrogens with zero attached hydrogens (tertiary/aromatic N) is 1. The normalized spacial score (nSPS) is 25.3. The number of hydrogen-bond acceptors (Lipinski definition) is 4. The SMILES string of the molecule is COC(=O)C1CC(CCN)CN1C(=O)O. The van der Waals surface area contributed by atoms with Gasteiger partial charge in [0.1, 0.15) is 6.04 Å². The molecule has 1 heterocycles. The fourth-order valence-electron chi connectivity index (χ4n) is 1.94. The maximum atomic E-state index is 11.3. The third-order valence-corrected chi connectivity index (χ3v) is 2.68. The Hall–Kier alpha value is -1.30. The molecule has 2 unspecified atom stereocenters. The number of ether oxygens (including phenoxy) is 1. The van der Waals surface area contributed by atoms with Crippen molar-refractivity contribution >= 4 is 12.1 Å². The molecule has 2 atom stereocenters. The molecule has 1 aliphatic heterocycles. The van der Waals surface area contributed by atoms with Crippen molar-refractivity contribution in [2.45, 2.75) is 18.9 Å². The minimum Gasteiger partial charge on any atom is -0.467 e. The van der Waals surface area contributed by atoms with Crippen LogP contribution in [0.5, 0.6) is 0 Å². The third-order valence-electron chi connectivity index (χ3n) is 2.68. The molecule has 1 fully saturated rings. The first kappa shape index (κ1) is 11.8. The average Bonchev–Trinajstić information content (AvgIpc) is 2.61. The molecule has 0 spiro atoms. The van der Waals surface area contributed by atoms with Crippen molar-refractivity contribution in [1.82, 2.24) is 4.90 Å².